The highest BCUT2D eigenvalue weighted by atomic mass is 16.6. The summed E-state index contributed by atoms with van der Waals surface area (Å²) >= 11 is 0. The van der Waals surface area contributed by atoms with Crippen LogP contribution >= 0.6 is 0 Å². The summed E-state index contributed by atoms with van der Waals surface area (Å²) in [6.45, 7) is 0.263. The molecule has 0 aliphatic carbocycles. The van der Waals surface area contributed by atoms with Gasteiger partial charge in [-0.15, -0.1) is 0 Å². The van der Waals surface area contributed by atoms with E-state index in [9.17, 15) is 15.2 Å². The van der Waals surface area contributed by atoms with E-state index in [1.807, 2.05) is 42.5 Å². The second-order valence-corrected chi connectivity index (χ2v) is 5.16. The third-order valence-electron chi connectivity index (χ3n) is 3.39. The Bertz CT molecular complexity index is 831. The van der Waals surface area contributed by atoms with Crippen molar-refractivity contribution in [1.82, 2.24) is 9.55 Å². The SMILES string of the molecule is O=[N+]([O-])c1cn(CC(O)COc2ccc3ccccc3c2)cn1. The third kappa shape index (κ3) is 3.64. The van der Waals surface area contributed by atoms with Crippen LogP contribution in [-0.4, -0.2) is 32.3 Å². The van der Waals surface area contributed by atoms with Crippen molar-refractivity contribution in [2.75, 3.05) is 6.61 Å². The maximum absolute atomic E-state index is 10.6. The van der Waals surface area contributed by atoms with Crippen molar-refractivity contribution >= 4 is 16.6 Å². The molecule has 0 aliphatic rings. The van der Waals surface area contributed by atoms with E-state index < -0.39 is 11.0 Å². The normalized spacial score (nSPS) is 12.2. The Morgan fingerprint density at radius 3 is 2.78 bits per heavy atom. The van der Waals surface area contributed by atoms with Crippen LogP contribution in [0.1, 0.15) is 0 Å². The Labute approximate surface area is 131 Å². The van der Waals surface area contributed by atoms with E-state index in [0.717, 1.165) is 10.8 Å². The Balaban J connectivity index is 1.58. The lowest BCUT2D eigenvalue weighted by Crippen LogP contribution is -2.23. The predicted molar refractivity (Wildman–Crippen MR) is 84.3 cm³/mol. The molecule has 1 N–H and O–H groups in total. The summed E-state index contributed by atoms with van der Waals surface area (Å²) in [7, 11) is 0. The lowest BCUT2D eigenvalue weighted by Gasteiger charge is -2.12. The highest BCUT2D eigenvalue weighted by Gasteiger charge is 2.13. The number of imidazole rings is 1. The molecule has 118 valence electrons. The van der Waals surface area contributed by atoms with E-state index >= 15 is 0 Å². The zero-order valence-electron chi connectivity index (χ0n) is 12.2. The van der Waals surface area contributed by atoms with Gasteiger partial charge in [0.15, 0.2) is 0 Å². The maximum atomic E-state index is 10.6. The average Bonchev–Trinajstić information content (AvgIpc) is 3.01. The van der Waals surface area contributed by atoms with Crippen molar-refractivity contribution in [3.05, 3.63) is 65.1 Å². The molecule has 3 rings (SSSR count). The molecule has 0 aliphatic heterocycles. The lowest BCUT2D eigenvalue weighted by atomic mass is 10.1. The molecule has 0 spiro atoms. The van der Waals surface area contributed by atoms with Crippen LogP contribution in [0.4, 0.5) is 5.82 Å². The van der Waals surface area contributed by atoms with Gasteiger partial charge in [0.1, 0.15) is 24.7 Å². The molecule has 2 aromatic carbocycles. The van der Waals surface area contributed by atoms with E-state index in [-0.39, 0.29) is 19.0 Å². The molecule has 0 saturated carbocycles. The zero-order valence-corrected chi connectivity index (χ0v) is 12.2. The van der Waals surface area contributed by atoms with Crippen LogP contribution in [0.5, 0.6) is 5.75 Å². The predicted octanol–water partition coefficient (Wildman–Crippen LogP) is 2.38. The van der Waals surface area contributed by atoms with Gasteiger partial charge in [-0.05, 0) is 32.8 Å². The molecule has 1 atom stereocenters. The monoisotopic (exact) mass is 313 g/mol. The maximum Gasteiger partial charge on any atom is 0.381 e. The first-order valence-electron chi connectivity index (χ1n) is 7.07. The van der Waals surface area contributed by atoms with Crippen molar-refractivity contribution in [1.29, 1.82) is 0 Å². The summed E-state index contributed by atoms with van der Waals surface area (Å²) in [4.78, 5) is 13.6. The molecule has 7 nitrogen and oxygen atoms in total. The quantitative estimate of drug-likeness (QED) is 0.557. The van der Waals surface area contributed by atoms with Gasteiger partial charge < -0.3 is 24.5 Å². The van der Waals surface area contributed by atoms with Gasteiger partial charge in [0.2, 0.25) is 6.33 Å². The topological polar surface area (TPSA) is 90.4 Å². The van der Waals surface area contributed by atoms with Gasteiger partial charge in [0.05, 0.1) is 6.54 Å². The molecule has 3 aromatic rings. The highest BCUT2D eigenvalue weighted by Crippen LogP contribution is 2.20. The minimum absolute atomic E-state index is 0.0876. The zero-order chi connectivity index (χ0) is 16.2. The van der Waals surface area contributed by atoms with E-state index in [2.05, 4.69) is 4.98 Å². The molecular formula is C16H15N3O4. The first-order valence-corrected chi connectivity index (χ1v) is 7.07. The molecule has 1 heterocycles. The summed E-state index contributed by atoms with van der Waals surface area (Å²) in [5.41, 5.74) is 0. The molecule has 0 amide bonds. The van der Waals surface area contributed by atoms with Crippen LogP contribution in [0, 0.1) is 10.1 Å². The number of fused-ring (bicyclic) bond motifs is 1. The van der Waals surface area contributed by atoms with Crippen molar-refractivity contribution in [3.63, 3.8) is 0 Å². The van der Waals surface area contributed by atoms with Crippen molar-refractivity contribution < 1.29 is 14.8 Å². The third-order valence-corrected chi connectivity index (χ3v) is 3.39. The lowest BCUT2D eigenvalue weighted by molar-refractivity contribution is -0.389. The number of benzene rings is 2. The van der Waals surface area contributed by atoms with Crippen molar-refractivity contribution in [2.45, 2.75) is 12.6 Å². The summed E-state index contributed by atoms with van der Waals surface area (Å²) in [6.07, 6.45) is 1.80. The van der Waals surface area contributed by atoms with E-state index in [0.29, 0.717) is 5.75 Å². The molecular weight excluding hydrogens is 298 g/mol. The van der Waals surface area contributed by atoms with Crippen LogP contribution in [0.15, 0.2) is 55.0 Å². The first-order chi connectivity index (χ1) is 11.1. The molecule has 23 heavy (non-hydrogen) atoms. The second kappa shape index (κ2) is 6.45. The van der Waals surface area contributed by atoms with Gasteiger partial charge in [0, 0.05) is 0 Å². The van der Waals surface area contributed by atoms with Gasteiger partial charge >= 0.3 is 5.82 Å². The standard InChI is InChI=1S/C16H15N3O4/c20-14(8-18-9-16(17-11-18)19(21)22)10-23-15-6-5-12-3-1-2-4-13(12)7-15/h1-7,9,11,14,20H,8,10H2. The number of aliphatic hydroxyl groups is 1. The summed E-state index contributed by atoms with van der Waals surface area (Å²) in [6, 6.07) is 13.6. The number of rotatable bonds is 6. The van der Waals surface area contributed by atoms with Gasteiger partial charge in [-0.25, -0.2) is 0 Å². The summed E-state index contributed by atoms with van der Waals surface area (Å²) in [5, 5.41) is 22.7. The fourth-order valence-electron chi connectivity index (χ4n) is 2.29. The van der Waals surface area contributed by atoms with E-state index in [1.54, 1.807) is 0 Å². The largest absolute Gasteiger partial charge is 0.491 e. The van der Waals surface area contributed by atoms with Crippen LogP contribution in [-0.2, 0) is 6.54 Å². The minimum atomic E-state index is -0.796. The molecule has 0 fully saturated rings. The summed E-state index contributed by atoms with van der Waals surface area (Å²) in [5.74, 6) is 0.423. The number of aliphatic hydroxyl groups excluding tert-OH is 1. The smallest absolute Gasteiger partial charge is 0.381 e. The molecule has 0 saturated heterocycles. The van der Waals surface area contributed by atoms with Crippen molar-refractivity contribution in [2.24, 2.45) is 0 Å². The van der Waals surface area contributed by atoms with Gasteiger partial charge in [0.25, 0.3) is 0 Å². The van der Waals surface area contributed by atoms with Crippen LogP contribution in [0.2, 0.25) is 0 Å². The van der Waals surface area contributed by atoms with Crippen LogP contribution in [0.3, 0.4) is 0 Å². The number of hydrogen-bond donors (Lipinski definition) is 1. The Hall–Kier alpha value is -2.93. The fourth-order valence-corrected chi connectivity index (χ4v) is 2.29. The minimum Gasteiger partial charge on any atom is -0.491 e. The highest BCUT2D eigenvalue weighted by molar-refractivity contribution is 5.83. The van der Waals surface area contributed by atoms with Gasteiger partial charge in [-0.1, -0.05) is 30.3 Å². The fraction of sp³-hybridized carbons (Fsp3) is 0.188. The average molecular weight is 313 g/mol. The Morgan fingerprint density at radius 1 is 1.26 bits per heavy atom. The molecule has 1 aromatic heterocycles. The number of ether oxygens (including phenoxy) is 1. The van der Waals surface area contributed by atoms with E-state index in [1.165, 1.54) is 17.1 Å². The van der Waals surface area contributed by atoms with Crippen LogP contribution in [0.25, 0.3) is 10.8 Å². The molecule has 0 radical (unpaired) electrons. The van der Waals surface area contributed by atoms with Gasteiger partial charge in [-0.3, -0.25) is 0 Å². The number of hydrogen-bond acceptors (Lipinski definition) is 5. The number of nitro groups is 1. The summed E-state index contributed by atoms with van der Waals surface area (Å²) < 4.78 is 7.05. The molecule has 7 heteroatoms. The Morgan fingerprint density at radius 2 is 2.04 bits per heavy atom. The Kier molecular flexibility index (Phi) is 4.20. The number of nitrogens with zero attached hydrogens (tertiary/aromatic N) is 3. The number of aromatic nitrogens is 2. The molecule has 1 unspecified atom stereocenters. The first kappa shape index (κ1) is 15.0. The van der Waals surface area contributed by atoms with Crippen molar-refractivity contribution in [3.8, 4) is 5.75 Å². The van der Waals surface area contributed by atoms with Crippen LogP contribution < -0.4 is 4.74 Å². The van der Waals surface area contributed by atoms with Gasteiger partial charge in [-0.2, -0.15) is 0 Å². The molecule has 0 bridgehead atoms. The van der Waals surface area contributed by atoms with E-state index in [4.69, 9.17) is 4.74 Å². The second-order valence-electron chi connectivity index (χ2n) is 5.16.